The molecule has 2 aromatic rings. The Morgan fingerprint density at radius 2 is 2.31 bits per heavy atom. The van der Waals surface area contributed by atoms with Crippen LogP contribution in [0.5, 0.6) is 0 Å². The summed E-state index contributed by atoms with van der Waals surface area (Å²) >= 11 is 0. The average molecular weight is 214 g/mol. The number of carbonyl (C=O) groups excluding carboxylic acids is 1. The molecule has 0 fully saturated rings. The third-order valence-electron chi connectivity index (χ3n) is 1.82. The quantitative estimate of drug-likeness (QED) is 0.810. The Balaban J connectivity index is 2.12. The van der Waals surface area contributed by atoms with Crippen molar-refractivity contribution in [3.05, 3.63) is 42.0 Å². The number of aromatic nitrogens is 2. The van der Waals surface area contributed by atoms with Gasteiger partial charge in [-0.3, -0.25) is 4.79 Å². The van der Waals surface area contributed by atoms with Crippen molar-refractivity contribution in [1.29, 1.82) is 5.26 Å². The van der Waals surface area contributed by atoms with Crippen LogP contribution >= 0.6 is 0 Å². The highest BCUT2D eigenvalue weighted by Crippen LogP contribution is 2.06. The van der Waals surface area contributed by atoms with Crippen LogP contribution in [0.15, 0.2) is 35.3 Å². The van der Waals surface area contributed by atoms with Crippen molar-refractivity contribution in [3.63, 3.8) is 0 Å². The molecule has 0 saturated carbocycles. The summed E-state index contributed by atoms with van der Waals surface area (Å²) in [7, 11) is 0. The number of carbonyl (C=O) groups is 1. The van der Waals surface area contributed by atoms with Crippen LogP contribution in [-0.4, -0.2) is 16.0 Å². The van der Waals surface area contributed by atoms with Crippen LogP contribution < -0.4 is 5.32 Å². The number of hydrogen-bond acceptors (Lipinski definition) is 5. The number of nitriles is 1. The molecular weight excluding hydrogens is 208 g/mol. The van der Waals surface area contributed by atoms with E-state index >= 15 is 0 Å². The predicted octanol–water partition coefficient (Wildman–Crippen LogP) is 1.19. The van der Waals surface area contributed by atoms with E-state index in [0.717, 1.165) is 0 Å². The zero-order valence-electron chi connectivity index (χ0n) is 8.04. The number of pyridine rings is 1. The molecule has 1 amide bonds. The number of amides is 1. The Morgan fingerprint density at radius 3 is 2.88 bits per heavy atom. The largest absolute Gasteiger partial charge is 0.363 e. The van der Waals surface area contributed by atoms with Crippen LogP contribution in [0, 0.1) is 11.3 Å². The summed E-state index contributed by atoms with van der Waals surface area (Å²) in [5.41, 5.74) is 1.08. The first-order valence-electron chi connectivity index (χ1n) is 4.36. The second-order valence-corrected chi connectivity index (χ2v) is 2.91. The van der Waals surface area contributed by atoms with Crippen LogP contribution in [-0.2, 0) is 0 Å². The standard InChI is InChI=1S/C10H6N4O2/c11-3-7-1-2-9(12-4-7)10(15)14-8-5-13-16-6-8/h1-2,4-6H,(H,14,15). The van der Waals surface area contributed by atoms with Crippen molar-refractivity contribution in [2.24, 2.45) is 0 Å². The van der Waals surface area contributed by atoms with Crippen LogP contribution in [0.25, 0.3) is 0 Å². The summed E-state index contributed by atoms with van der Waals surface area (Å²) in [6.45, 7) is 0. The van der Waals surface area contributed by atoms with Crippen molar-refractivity contribution in [2.75, 3.05) is 5.32 Å². The van der Waals surface area contributed by atoms with Gasteiger partial charge in [-0.2, -0.15) is 5.26 Å². The predicted molar refractivity (Wildman–Crippen MR) is 53.4 cm³/mol. The normalized spacial score (nSPS) is 9.44. The van der Waals surface area contributed by atoms with E-state index in [0.29, 0.717) is 11.3 Å². The maximum atomic E-state index is 11.6. The van der Waals surface area contributed by atoms with Crippen molar-refractivity contribution in [3.8, 4) is 6.07 Å². The minimum atomic E-state index is -0.382. The maximum Gasteiger partial charge on any atom is 0.274 e. The van der Waals surface area contributed by atoms with Gasteiger partial charge in [0, 0.05) is 6.20 Å². The van der Waals surface area contributed by atoms with Gasteiger partial charge in [0.25, 0.3) is 5.91 Å². The first-order valence-corrected chi connectivity index (χ1v) is 4.36. The molecule has 0 spiro atoms. The van der Waals surface area contributed by atoms with Crippen LogP contribution in [0.4, 0.5) is 5.69 Å². The molecule has 6 nitrogen and oxygen atoms in total. The second-order valence-electron chi connectivity index (χ2n) is 2.91. The van der Waals surface area contributed by atoms with Crippen molar-refractivity contribution in [1.82, 2.24) is 10.1 Å². The van der Waals surface area contributed by atoms with E-state index < -0.39 is 0 Å². The van der Waals surface area contributed by atoms with E-state index in [4.69, 9.17) is 5.26 Å². The molecule has 0 saturated heterocycles. The molecule has 6 heteroatoms. The molecule has 0 aliphatic rings. The molecule has 16 heavy (non-hydrogen) atoms. The minimum absolute atomic E-state index is 0.222. The third-order valence-corrected chi connectivity index (χ3v) is 1.82. The fourth-order valence-electron chi connectivity index (χ4n) is 1.06. The van der Waals surface area contributed by atoms with E-state index in [9.17, 15) is 4.79 Å². The second kappa shape index (κ2) is 4.23. The smallest absolute Gasteiger partial charge is 0.274 e. The van der Waals surface area contributed by atoms with E-state index in [1.54, 1.807) is 0 Å². The van der Waals surface area contributed by atoms with Gasteiger partial charge in [-0.1, -0.05) is 5.16 Å². The lowest BCUT2D eigenvalue weighted by atomic mass is 10.2. The highest BCUT2D eigenvalue weighted by Gasteiger charge is 2.08. The number of nitrogens with zero attached hydrogens (tertiary/aromatic N) is 3. The molecule has 0 unspecified atom stereocenters. The highest BCUT2D eigenvalue weighted by atomic mass is 16.5. The van der Waals surface area contributed by atoms with Gasteiger partial charge >= 0.3 is 0 Å². The summed E-state index contributed by atoms with van der Waals surface area (Å²) in [5, 5.41) is 14.5. The highest BCUT2D eigenvalue weighted by molar-refractivity contribution is 6.02. The SMILES string of the molecule is N#Cc1ccc(C(=O)Nc2cnoc2)nc1. The van der Waals surface area contributed by atoms with Crippen LogP contribution in [0.3, 0.4) is 0 Å². The third kappa shape index (κ3) is 2.04. The molecular formula is C10H6N4O2. The Hall–Kier alpha value is -2.68. The molecule has 2 aromatic heterocycles. The van der Waals surface area contributed by atoms with E-state index in [1.165, 1.54) is 30.8 Å². The Morgan fingerprint density at radius 1 is 1.44 bits per heavy atom. The number of hydrogen-bond donors (Lipinski definition) is 1. The lowest BCUT2D eigenvalue weighted by molar-refractivity contribution is 0.102. The molecule has 0 radical (unpaired) electrons. The summed E-state index contributed by atoms with van der Waals surface area (Å²) in [6, 6.07) is 4.92. The summed E-state index contributed by atoms with van der Waals surface area (Å²) in [4.78, 5) is 15.4. The molecule has 2 rings (SSSR count). The molecule has 2 heterocycles. The van der Waals surface area contributed by atoms with Crippen LogP contribution in [0.1, 0.15) is 16.1 Å². The van der Waals surface area contributed by atoms with Gasteiger partial charge in [-0.05, 0) is 12.1 Å². The molecule has 1 N–H and O–H groups in total. The molecule has 0 bridgehead atoms. The fourth-order valence-corrected chi connectivity index (χ4v) is 1.06. The van der Waals surface area contributed by atoms with Gasteiger partial charge in [-0.25, -0.2) is 4.98 Å². The Bertz CT molecular complexity index is 525. The van der Waals surface area contributed by atoms with Gasteiger partial charge in [0.15, 0.2) is 0 Å². The zero-order chi connectivity index (χ0) is 11.4. The molecule has 0 atom stereocenters. The first-order chi connectivity index (χ1) is 7.79. The Kier molecular flexibility index (Phi) is 2.61. The minimum Gasteiger partial charge on any atom is -0.363 e. The van der Waals surface area contributed by atoms with Gasteiger partial charge in [-0.15, -0.1) is 0 Å². The Labute approximate surface area is 90.5 Å². The fraction of sp³-hybridized carbons (Fsp3) is 0. The first kappa shape index (κ1) is 9.86. The van der Waals surface area contributed by atoms with Gasteiger partial charge in [0.05, 0.1) is 11.8 Å². The van der Waals surface area contributed by atoms with Gasteiger partial charge < -0.3 is 9.84 Å². The topological polar surface area (TPSA) is 91.8 Å². The number of nitrogens with one attached hydrogen (secondary N) is 1. The maximum absolute atomic E-state index is 11.6. The lowest BCUT2D eigenvalue weighted by Gasteiger charge is -2.00. The van der Waals surface area contributed by atoms with E-state index in [2.05, 4.69) is 20.0 Å². The lowest BCUT2D eigenvalue weighted by Crippen LogP contribution is -2.12. The van der Waals surface area contributed by atoms with E-state index in [1.807, 2.05) is 6.07 Å². The van der Waals surface area contributed by atoms with Crippen molar-refractivity contribution in [2.45, 2.75) is 0 Å². The zero-order valence-corrected chi connectivity index (χ0v) is 8.04. The van der Waals surface area contributed by atoms with E-state index in [-0.39, 0.29) is 11.6 Å². The van der Waals surface area contributed by atoms with Crippen molar-refractivity contribution < 1.29 is 9.32 Å². The van der Waals surface area contributed by atoms with Crippen molar-refractivity contribution >= 4 is 11.6 Å². The van der Waals surface area contributed by atoms with Crippen LogP contribution in [0.2, 0.25) is 0 Å². The molecule has 0 aliphatic heterocycles. The summed E-state index contributed by atoms with van der Waals surface area (Å²) < 4.78 is 4.56. The summed E-state index contributed by atoms with van der Waals surface area (Å²) in [6.07, 6.45) is 4.02. The molecule has 0 aromatic carbocycles. The number of anilines is 1. The monoisotopic (exact) mass is 214 g/mol. The molecule has 0 aliphatic carbocycles. The number of rotatable bonds is 2. The molecule has 78 valence electrons. The average Bonchev–Trinajstić information content (AvgIpc) is 2.82. The van der Waals surface area contributed by atoms with Gasteiger partial charge in [0.2, 0.25) is 0 Å². The van der Waals surface area contributed by atoms with Gasteiger partial charge in [0.1, 0.15) is 23.7 Å². The summed E-state index contributed by atoms with van der Waals surface area (Å²) in [5.74, 6) is -0.382.